The molecule has 0 N–H and O–H groups in total. The maximum absolute atomic E-state index is 14.3. The summed E-state index contributed by atoms with van der Waals surface area (Å²) >= 11 is 0. The third-order valence-electron chi connectivity index (χ3n) is 5.90. The lowest BCUT2D eigenvalue weighted by Gasteiger charge is -2.43. The minimum Gasteiger partial charge on any atom is -0.468 e. The maximum Gasteiger partial charge on any atom is 0.319 e. The molecular formula is C21H26FN5O3. The molecule has 2 atom stereocenters. The summed E-state index contributed by atoms with van der Waals surface area (Å²) in [5.41, 5.74) is 1.61. The molecule has 0 aromatic carbocycles. The summed E-state index contributed by atoms with van der Waals surface area (Å²) in [6, 6.07) is 3.84. The number of anilines is 1. The molecule has 0 amide bonds. The summed E-state index contributed by atoms with van der Waals surface area (Å²) in [7, 11) is 3.13. The van der Waals surface area contributed by atoms with Crippen LogP contribution in [-0.2, 0) is 22.6 Å². The van der Waals surface area contributed by atoms with E-state index in [-0.39, 0.29) is 29.9 Å². The Hall–Kier alpha value is -2.81. The fraction of sp³-hybridized carbons (Fsp3) is 0.524. The first-order valence-electron chi connectivity index (χ1n) is 10.1. The number of likely N-dealkylation sites (N-methyl/N-ethyl adjacent to an activating group) is 1. The minimum atomic E-state index is -0.415. The molecule has 30 heavy (non-hydrogen) atoms. The molecule has 2 aromatic rings. The number of aryl methyl sites for hydroxylation is 1. The van der Waals surface area contributed by atoms with Gasteiger partial charge in [-0.25, -0.2) is 14.4 Å². The van der Waals surface area contributed by atoms with Crippen LogP contribution in [-0.4, -0.2) is 59.2 Å². The van der Waals surface area contributed by atoms with Gasteiger partial charge in [-0.1, -0.05) is 6.07 Å². The fourth-order valence-electron chi connectivity index (χ4n) is 4.58. The molecule has 9 heteroatoms. The number of aromatic nitrogens is 3. The maximum atomic E-state index is 14.3. The topological polar surface area (TPSA) is 80.6 Å². The van der Waals surface area contributed by atoms with E-state index < -0.39 is 5.82 Å². The number of piperidine rings is 1. The Labute approximate surface area is 174 Å². The molecule has 4 heterocycles. The van der Waals surface area contributed by atoms with Crippen molar-refractivity contribution in [2.75, 3.05) is 38.7 Å². The van der Waals surface area contributed by atoms with Gasteiger partial charge < -0.3 is 14.2 Å². The molecule has 2 aromatic heterocycles. The van der Waals surface area contributed by atoms with E-state index in [1.165, 1.54) is 13.3 Å². The minimum absolute atomic E-state index is 0.0172. The number of fused-ring (bicyclic) bond motifs is 4. The molecule has 2 aliphatic rings. The zero-order valence-electron chi connectivity index (χ0n) is 17.5. The smallest absolute Gasteiger partial charge is 0.319 e. The van der Waals surface area contributed by atoms with Gasteiger partial charge in [0.1, 0.15) is 5.82 Å². The normalized spacial score (nSPS) is 20.2. The first kappa shape index (κ1) is 20.5. The van der Waals surface area contributed by atoms with Crippen LogP contribution in [0.25, 0.3) is 0 Å². The number of methoxy groups -OCH3 is 1. The van der Waals surface area contributed by atoms with E-state index in [4.69, 9.17) is 0 Å². The number of pyridine rings is 1. The highest BCUT2D eigenvalue weighted by Gasteiger charge is 2.36. The first-order chi connectivity index (χ1) is 14.4. The Morgan fingerprint density at radius 2 is 2.13 bits per heavy atom. The van der Waals surface area contributed by atoms with Crippen molar-refractivity contribution in [1.82, 2.24) is 19.4 Å². The van der Waals surface area contributed by atoms with Crippen LogP contribution in [0.5, 0.6) is 0 Å². The Bertz CT molecular complexity index is 1020. The number of carbonyl (C=O) groups is 1. The molecule has 2 aliphatic heterocycles. The van der Waals surface area contributed by atoms with Crippen molar-refractivity contribution in [3.8, 4) is 0 Å². The van der Waals surface area contributed by atoms with E-state index in [1.807, 2.05) is 21.6 Å². The monoisotopic (exact) mass is 415 g/mol. The van der Waals surface area contributed by atoms with Gasteiger partial charge in [-0.2, -0.15) is 0 Å². The third-order valence-corrected chi connectivity index (χ3v) is 5.90. The standard InChI is InChI=1S/C21H26FN5O3/c1-13-23-7-17(22)20(24-13)26-8-14-6-16(11-26)18-5-4-15(21(29)27(18)9-14)10-25(2)12-19(28)30-3/h4-5,7,14,16H,6,8-12H2,1-3H3/t14-,16+/m0/s1. The van der Waals surface area contributed by atoms with E-state index in [2.05, 4.69) is 14.7 Å². The number of carbonyl (C=O) groups excluding carboxylic acids is 1. The van der Waals surface area contributed by atoms with Crippen LogP contribution in [0.4, 0.5) is 10.2 Å². The number of ether oxygens (including phenoxy) is 1. The van der Waals surface area contributed by atoms with Crippen molar-refractivity contribution < 1.29 is 13.9 Å². The Balaban J connectivity index is 1.57. The lowest BCUT2D eigenvalue weighted by atomic mass is 9.83. The summed E-state index contributed by atoms with van der Waals surface area (Å²) in [6.07, 6.45) is 2.20. The van der Waals surface area contributed by atoms with Crippen LogP contribution >= 0.6 is 0 Å². The van der Waals surface area contributed by atoms with Crippen molar-refractivity contribution in [2.45, 2.75) is 32.4 Å². The number of nitrogens with zero attached hydrogens (tertiary/aromatic N) is 5. The van der Waals surface area contributed by atoms with Gasteiger partial charge in [0.15, 0.2) is 11.6 Å². The molecule has 0 saturated carbocycles. The average Bonchev–Trinajstić information content (AvgIpc) is 2.72. The van der Waals surface area contributed by atoms with E-state index in [1.54, 1.807) is 18.9 Å². The lowest BCUT2D eigenvalue weighted by Crippen LogP contribution is -2.48. The molecule has 0 radical (unpaired) electrons. The number of esters is 1. The van der Waals surface area contributed by atoms with Gasteiger partial charge in [0.2, 0.25) is 0 Å². The molecule has 0 spiro atoms. The van der Waals surface area contributed by atoms with Gasteiger partial charge in [0, 0.05) is 43.4 Å². The zero-order valence-corrected chi connectivity index (χ0v) is 17.5. The summed E-state index contributed by atoms with van der Waals surface area (Å²) in [4.78, 5) is 36.5. The molecule has 1 fully saturated rings. The summed E-state index contributed by atoms with van der Waals surface area (Å²) < 4.78 is 20.9. The predicted molar refractivity (Wildman–Crippen MR) is 109 cm³/mol. The average molecular weight is 415 g/mol. The van der Waals surface area contributed by atoms with Gasteiger partial charge in [0.05, 0.1) is 19.9 Å². The van der Waals surface area contributed by atoms with Gasteiger partial charge in [-0.15, -0.1) is 0 Å². The highest BCUT2D eigenvalue weighted by Crippen LogP contribution is 2.37. The van der Waals surface area contributed by atoms with E-state index in [9.17, 15) is 14.0 Å². The first-order valence-corrected chi connectivity index (χ1v) is 10.1. The number of hydrogen-bond acceptors (Lipinski definition) is 7. The number of hydrogen-bond donors (Lipinski definition) is 0. The van der Waals surface area contributed by atoms with Gasteiger partial charge >= 0.3 is 5.97 Å². The van der Waals surface area contributed by atoms with Crippen molar-refractivity contribution in [2.24, 2.45) is 5.92 Å². The Kier molecular flexibility index (Phi) is 5.55. The van der Waals surface area contributed by atoms with Gasteiger partial charge in [-0.05, 0) is 32.4 Å². The van der Waals surface area contributed by atoms with Crippen molar-refractivity contribution in [1.29, 1.82) is 0 Å². The SMILES string of the molecule is COC(=O)CN(C)Cc1ccc2n(c1=O)C[C@H]1C[C@@H]2CN(c2nc(C)ncc2F)C1. The van der Waals surface area contributed by atoms with E-state index in [0.717, 1.165) is 12.1 Å². The fourth-order valence-corrected chi connectivity index (χ4v) is 4.58. The van der Waals surface area contributed by atoms with Crippen molar-refractivity contribution in [3.05, 3.63) is 51.6 Å². The second kappa shape index (κ2) is 8.14. The number of halogens is 1. The van der Waals surface area contributed by atoms with Crippen LogP contribution in [0, 0.1) is 18.7 Å². The molecule has 0 aliphatic carbocycles. The van der Waals surface area contributed by atoms with Crippen LogP contribution < -0.4 is 10.5 Å². The Morgan fingerprint density at radius 1 is 1.33 bits per heavy atom. The molecule has 0 unspecified atom stereocenters. The molecule has 1 saturated heterocycles. The predicted octanol–water partition coefficient (Wildman–Crippen LogP) is 1.31. The second-order valence-electron chi connectivity index (χ2n) is 8.24. The quantitative estimate of drug-likeness (QED) is 0.681. The molecule has 2 bridgehead atoms. The molecule has 4 rings (SSSR count). The van der Waals surface area contributed by atoms with Crippen LogP contribution in [0.2, 0.25) is 0 Å². The summed E-state index contributed by atoms with van der Waals surface area (Å²) in [5.74, 6) is 0.515. The largest absolute Gasteiger partial charge is 0.468 e. The van der Waals surface area contributed by atoms with Crippen LogP contribution in [0.3, 0.4) is 0 Å². The van der Waals surface area contributed by atoms with E-state index in [0.29, 0.717) is 43.4 Å². The zero-order chi connectivity index (χ0) is 21.4. The van der Waals surface area contributed by atoms with Crippen molar-refractivity contribution >= 4 is 11.8 Å². The van der Waals surface area contributed by atoms with Gasteiger partial charge in [-0.3, -0.25) is 14.5 Å². The summed E-state index contributed by atoms with van der Waals surface area (Å²) in [5, 5.41) is 0. The lowest BCUT2D eigenvalue weighted by molar-refractivity contribution is -0.141. The second-order valence-corrected chi connectivity index (χ2v) is 8.24. The van der Waals surface area contributed by atoms with Crippen molar-refractivity contribution in [3.63, 3.8) is 0 Å². The van der Waals surface area contributed by atoms with Crippen LogP contribution in [0.1, 0.15) is 29.4 Å². The third kappa shape index (κ3) is 3.94. The molecule has 160 valence electrons. The molecular weight excluding hydrogens is 389 g/mol. The summed E-state index contributed by atoms with van der Waals surface area (Å²) in [6.45, 7) is 4.12. The van der Waals surface area contributed by atoms with E-state index >= 15 is 0 Å². The molecule has 8 nitrogen and oxygen atoms in total. The Morgan fingerprint density at radius 3 is 2.90 bits per heavy atom. The number of rotatable bonds is 5. The highest BCUT2D eigenvalue weighted by molar-refractivity contribution is 5.71. The van der Waals surface area contributed by atoms with Crippen LogP contribution in [0.15, 0.2) is 23.1 Å². The highest BCUT2D eigenvalue weighted by atomic mass is 19.1. The van der Waals surface area contributed by atoms with Gasteiger partial charge in [0.25, 0.3) is 5.56 Å².